The van der Waals surface area contributed by atoms with Crippen molar-refractivity contribution in [1.29, 1.82) is 0 Å². The monoisotopic (exact) mass is 339 g/mol. The molecule has 6 heteroatoms. The predicted molar refractivity (Wildman–Crippen MR) is 94.0 cm³/mol. The van der Waals surface area contributed by atoms with E-state index in [2.05, 4.69) is 10.3 Å². The van der Waals surface area contributed by atoms with Crippen LogP contribution in [0.5, 0.6) is 11.5 Å². The van der Waals surface area contributed by atoms with E-state index in [9.17, 15) is 4.79 Å². The van der Waals surface area contributed by atoms with Gasteiger partial charge in [0.25, 0.3) is 0 Å². The van der Waals surface area contributed by atoms with Gasteiger partial charge in [-0.2, -0.15) is 0 Å². The Bertz CT molecular complexity index is 751. The van der Waals surface area contributed by atoms with E-state index in [4.69, 9.17) is 9.47 Å². The van der Waals surface area contributed by atoms with E-state index in [1.54, 1.807) is 18.5 Å². The number of fused-ring (bicyclic) bond motifs is 1. The minimum absolute atomic E-state index is 0.0498. The maximum Gasteiger partial charge on any atom is 0.322 e. The third-order valence-corrected chi connectivity index (χ3v) is 4.58. The van der Waals surface area contributed by atoms with E-state index < -0.39 is 0 Å². The summed E-state index contributed by atoms with van der Waals surface area (Å²) in [6.45, 7) is 2.08. The number of pyridine rings is 1. The molecule has 0 spiro atoms. The smallest absolute Gasteiger partial charge is 0.322 e. The molecule has 25 heavy (non-hydrogen) atoms. The van der Waals surface area contributed by atoms with Crippen molar-refractivity contribution in [2.24, 2.45) is 0 Å². The maximum absolute atomic E-state index is 12.7. The number of carbonyl (C=O) groups excluding carboxylic acids is 1. The average Bonchev–Trinajstić information content (AvgIpc) is 3.01. The van der Waals surface area contributed by atoms with Crippen molar-refractivity contribution in [3.63, 3.8) is 0 Å². The van der Waals surface area contributed by atoms with E-state index >= 15 is 0 Å². The van der Waals surface area contributed by atoms with Crippen molar-refractivity contribution in [2.75, 3.05) is 25.1 Å². The van der Waals surface area contributed by atoms with Gasteiger partial charge in [0.05, 0.1) is 31.1 Å². The molecule has 6 nitrogen and oxygen atoms in total. The van der Waals surface area contributed by atoms with Gasteiger partial charge in [-0.05, 0) is 42.7 Å². The van der Waals surface area contributed by atoms with E-state index in [1.807, 2.05) is 29.2 Å². The third-order valence-electron chi connectivity index (χ3n) is 4.58. The molecule has 1 aromatic heterocycles. The summed E-state index contributed by atoms with van der Waals surface area (Å²) in [6, 6.07) is 9.60. The predicted octanol–water partition coefficient (Wildman–Crippen LogP) is 3.61. The minimum Gasteiger partial charge on any atom is -0.490 e. The quantitative estimate of drug-likeness (QED) is 0.908. The second-order valence-corrected chi connectivity index (χ2v) is 6.28. The normalized spacial score (nSPS) is 19.4. The lowest BCUT2D eigenvalue weighted by molar-refractivity contribution is 0.207. The van der Waals surface area contributed by atoms with Crippen LogP contribution in [-0.2, 0) is 0 Å². The summed E-state index contributed by atoms with van der Waals surface area (Å²) in [5.41, 5.74) is 1.79. The van der Waals surface area contributed by atoms with Crippen molar-refractivity contribution < 1.29 is 14.3 Å². The standard InChI is InChI=1S/C19H21N3O3/c23-19(21-15-4-1-8-20-13-15)22-9-2-5-16(22)14-6-7-17-18(12-14)25-11-3-10-24-17/h1,4,6-8,12-13,16H,2-3,5,9-11H2,(H,21,23)/t16-/m1/s1. The molecular weight excluding hydrogens is 318 g/mol. The third kappa shape index (κ3) is 3.38. The second-order valence-electron chi connectivity index (χ2n) is 6.28. The highest BCUT2D eigenvalue weighted by Gasteiger charge is 2.30. The summed E-state index contributed by atoms with van der Waals surface area (Å²) < 4.78 is 11.5. The van der Waals surface area contributed by atoms with Gasteiger partial charge < -0.3 is 19.7 Å². The summed E-state index contributed by atoms with van der Waals surface area (Å²) in [5.74, 6) is 1.56. The molecule has 0 unspecified atom stereocenters. The Hall–Kier alpha value is -2.76. The summed E-state index contributed by atoms with van der Waals surface area (Å²) >= 11 is 0. The number of benzene rings is 1. The van der Waals surface area contributed by atoms with Gasteiger partial charge in [0, 0.05) is 19.2 Å². The highest BCUT2D eigenvalue weighted by atomic mass is 16.5. The number of amides is 2. The Morgan fingerprint density at radius 3 is 2.88 bits per heavy atom. The van der Waals surface area contributed by atoms with Crippen LogP contribution in [0.1, 0.15) is 30.9 Å². The van der Waals surface area contributed by atoms with Crippen LogP contribution < -0.4 is 14.8 Å². The average molecular weight is 339 g/mol. The Morgan fingerprint density at radius 1 is 1.16 bits per heavy atom. The molecule has 0 radical (unpaired) electrons. The first-order chi connectivity index (χ1) is 12.3. The molecule has 1 fully saturated rings. The molecule has 1 saturated heterocycles. The largest absolute Gasteiger partial charge is 0.490 e. The fourth-order valence-corrected chi connectivity index (χ4v) is 3.38. The number of urea groups is 1. The topological polar surface area (TPSA) is 63.7 Å². The van der Waals surface area contributed by atoms with Gasteiger partial charge in [0.1, 0.15) is 0 Å². The fraction of sp³-hybridized carbons (Fsp3) is 0.368. The fourth-order valence-electron chi connectivity index (χ4n) is 3.38. The van der Waals surface area contributed by atoms with Gasteiger partial charge in [0.15, 0.2) is 11.5 Å². The lowest BCUT2D eigenvalue weighted by Gasteiger charge is -2.26. The van der Waals surface area contributed by atoms with Crippen LogP contribution in [0.15, 0.2) is 42.7 Å². The number of hydrogen-bond donors (Lipinski definition) is 1. The number of nitrogens with zero attached hydrogens (tertiary/aromatic N) is 2. The Morgan fingerprint density at radius 2 is 2.04 bits per heavy atom. The van der Waals surface area contributed by atoms with Crippen LogP contribution in [0.4, 0.5) is 10.5 Å². The zero-order valence-electron chi connectivity index (χ0n) is 14.0. The Labute approximate surface area is 146 Å². The highest BCUT2D eigenvalue weighted by Crippen LogP contribution is 2.38. The minimum atomic E-state index is -0.0948. The number of rotatable bonds is 2. The van der Waals surface area contributed by atoms with Crippen LogP contribution in [0, 0.1) is 0 Å². The van der Waals surface area contributed by atoms with E-state index in [0.29, 0.717) is 18.9 Å². The SMILES string of the molecule is O=C(Nc1cccnc1)N1CCC[C@@H]1c1ccc2c(c1)OCCCO2. The summed E-state index contributed by atoms with van der Waals surface area (Å²) in [6.07, 6.45) is 6.15. The van der Waals surface area contributed by atoms with Crippen LogP contribution in [-0.4, -0.2) is 35.7 Å². The number of anilines is 1. The van der Waals surface area contributed by atoms with Crippen molar-refractivity contribution in [2.45, 2.75) is 25.3 Å². The number of likely N-dealkylation sites (tertiary alicyclic amines) is 1. The molecule has 130 valence electrons. The van der Waals surface area contributed by atoms with Gasteiger partial charge in [0.2, 0.25) is 0 Å². The molecule has 2 amide bonds. The molecule has 1 aromatic carbocycles. The number of carbonyl (C=O) groups is 1. The maximum atomic E-state index is 12.7. The van der Waals surface area contributed by atoms with Crippen LogP contribution in [0.25, 0.3) is 0 Å². The first kappa shape index (κ1) is 15.7. The molecule has 3 heterocycles. The Balaban J connectivity index is 1.53. The molecule has 2 aliphatic heterocycles. The second kappa shape index (κ2) is 7.01. The molecule has 1 atom stereocenters. The van der Waals surface area contributed by atoms with Gasteiger partial charge in [-0.1, -0.05) is 6.07 Å². The molecule has 4 rings (SSSR count). The van der Waals surface area contributed by atoms with Gasteiger partial charge in [-0.3, -0.25) is 4.98 Å². The number of nitrogens with one attached hydrogen (secondary N) is 1. The van der Waals surface area contributed by atoms with Crippen molar-refractivity contribution in [3.05, 3.63) is 48.3 Å². The van der Waals surface area contributed by atoms with Crippen molar-refractivity contribution >= 4 is 11.7 Å². The lowest BCUT2D eigenvalue weighted by Crippen LogP contribution is -2.34. The molecule has 0 aliphatic carbocycles. The molecule has 1 N–H and O–H groups in total. The molecule has 0 bridgehead atoms. The highest BCUT2D eigenvalue weighted by molar-refractivity contribution is 5.89. The number of ether oxygens (including phenoxy) is 2. The molecule has 2 aromatic rings. The molecular formula is C19H21N3O3. The van der Waals surface area contributed by atoms with Crippen LogP contribution in [0.3, 0.4) is 0 Å². The number of aromatic nitrogens is 1. The van der Waals surface area contributed by atoms with Gasteiger partial charge in [-0.15, -0.1) is 0 Å². The molecule has 0 saturated carbocycles. The lowest BCUT2D eigenvalue weighted by atomic mass is 10.0. The number of hydrogen-bond acceptors (Lipinski definition) is 4. The summed E-state index contributed by atoms with van der Waals surface area (Å²) in [4.78, 5) is 18.6. The van der Waals surface area contributed by atoms with Crippen molar-refractivity contribution in [3.8, 4) is 11.5 Å². The van der Waals surface area contributed by atoms with Crippen LogP contribution in [0.2, 0.25) is 0 Å². The summed E-state index contributed by atoms with van der Waals surface area (Å²) in [5, 5.41) is 2.92. The zero-order chi connectivity index (χ0) is 17.1. The first-order valence-electron chi connectivity index (χ1n) is 8.68. The van der Waals surface area contributed by atoms with Gasteiger partial charge >= 0.3 is 6.03 Å². The van der Waals surface area contributed by atoms with Crippen molar-refractivity contribution in [1.82, 2.24) is 9.88 Å². The first-order valence-corrected chi connectivity index (χ1v) is 8.68. The Kier molecular flexibility index (Phi) is 4.41. The van der Waals surface area contributed by atoms with Gasteiger partial charge in [-0.25, -0.2) is 4.79 Å². The van der Waals surface area contributed by atoms with E-state index in [0.717, 1.165) is 42.9 Å². The van der Waals surface area contributed by atoms with Crippen LogP contribution >= 0.6 is 0 Å². The van der Waals surface area contributed by atoms with E-state index in [1.165, 1.54) is 0 Å². The van der Waals surface area contributed by atoms with E-state index in [-0.39, 0.29) is 12.1 Å². The zero-order valence-corrected chi connectivity index (χ0v) is 14.0. The molecule has 2 aliphatic rings. The summed E-state index contributed by atoms with van der Waals surface area (Å²) in [7, 11) is 0.